The summed E-state index contributed by atoms with van der Waals surface area (Å²) >= 11 is 3.12. The Morgan fingerprint density at radius 1 is 1.11 bits per heavy atom. The molecule has 0 amide bonds. The average Bonchev–Trinajstić information content (AvgIpc) is 3.06. The van der Waals surface area contributed by atoms with E-state index in [1.54, 1.807) is 17.5 Å². The smallest absolute Gasteiger partial charge is 0.205 e. The summed E-state index contributed by atoms with van der Waals surface area (Å²) in [6.07, 6.45) is 1.77. The highest BCUT2D eigenvalue weighted by Gasteiger charge is 2.15. The van der Waals surface area contributed by atoms with E-state index in [0.29, 0.717) is 0 Å². The van der Waals surface area contributed by atoms with Crippen molar-refractivity contribution in [2.75, 3.05) is 12.4 Å². The van der Waals surface area contributed by atoms with Gasteiger partial charge in [0.2, 0.25) is 5.13 Å². The number of nitrogens with one attached hydrogen (secondary N) is 1. The predicted molar refractivity (Wildman–Crippen MR) is 78.5 cm³/mol. The Labute approximate surface area is 118 Å². The molecule has 3 rings (SSSR count). The summed E-state index contributed by atoms with van der Waals surface area (Å²) in [5, 5.41) is 13.8. The zero-order valence-corrected chi connectivity index (χ0v) is 12.0. The molecule has 3 heterocycles. The number of thiazole rings is 1. The second-order valence-electron chi connectivity index (χ2n) is 3.81. The number of aryl methyl sites for hydroxylation is 1. The van der Waals surface area contributed by atoms with E-state index in [-0.39, 0.29) is 0 Å². The van der Waals surface area contributed by atoms with Crippen LogP contribution >= 0.6 is 22.7 Å². The first kappa shape index (κ1) is 12.2. The normalized spacial score (nSPS) is 10.6. The molecule has 0 aliphatic heterocycles. The van der Waals surface area contributed by atoms with Crippen LogP contribution in [0.3, 0.4) is 0 Å². The van der Waals surface area contributed by atoms with Gasteiger partial charge >= 0.3 is 0 Å². The first-order valence-corrected chi connectivity index (χ1v) is 7.31. The van der Waals surface area contributed by atoms with E-state index in [0.717, 1.165) is 31.4 Å². The highest BCUT2D eigenvalue weighted by atomic mass is 32.1. The molecule has 19 heavy (non-hydrogen) atoms. The van der Waals surface area contributed by atoms with E-state index in [4.69, 9.17) is 0 Å². The highest BCUT2D eigenvalue weighted by molar-refractivity contribution is 7.24. The van der Waals surface area contributed by atoms with Crippen LogP contribution in [0.4, 0.5) is 5.13 Å². The minimum Gasteiger partial charge on any atom is -0.363 e. The molecule has 0 spiro atoms. The molecule has 1 N–H and O–H groups in total. The van der Waals surface area contributed by atoms with E-state index >= 15 is 0 Å². The van der Waals surface area contributed by atoms with Gasteiger partial charge in [-0.2, -0.15) is 0 Å². The van der Waals surface area contributed by atoms with Crippen LogP contribution in [-0.2, 0) is 0 Å². The summed E-state index contributed by atoms with van der Waals surface area (Å²) < 4.78 is 0. The lowest BCUT2D eigenvalue weighted by atomic mass is 10.3. The van der Waals surface area contributed by atoms with Crippen LogP contribution in [0.25, 0.3) is 20.6 Å². The predicted octanol–water partition coefficient (Wildman–Crippen LogP) is 3.07. The number of nitrogens with zero attached hydrogens (tertiary/aromatic N) is 4. The van der Waals surface area contributed by atoms with Gasteiger partial charge in [-0.1, -0.05) is 17.4 Å². The second kappa shape index (κ2) is 5.02. The molecule has 0 atom stereocenters. The molecule has 0 saturated carbocycles. The topological polar surface area (TPSA) is 63.6 Å². The lowest BCUT2D eigenvalue weighted by Gasteiger charge is -1.91. The fourth-order valence-corrected chi connectivity index (χ4v) is 3.47. The maximum atomic E-state index is 4.57. The number of hydrogen-bond acceptors (Lipinski definition) is 7. The summed E-state index contributed by atoms with van der Waals surface area (Å²) in [6.45, 7) is 1.98. The maximum Gasteiger partial charge on any atom is 0.205 e. The third-order valence-corrected chi connectivity index (χ3v) is 4.79. The van der Waals surface area contributed by atoms with E-state index in [1.165, 1.54) is 11.3 Å². The molecule has 3 aromatic heterocycles. The third-order valence-electron chi connectivity index (χ3n) is 2.51. The first-order valence-electron chi connectivity index (χ1n) is 5.68. The maximum absolute atomic E-state index is 4.57. The Morgan fingerprint density at radius 3 is 2.68 bits per heavy atom. The quantitative estimate of drug-likeness (QED) is 0.802. The van der Waals surface area contributed by atoms with Crippen LogP contribution in [0.5, 0.6) is 0 Å². The van der Waals surface area contributed by atoms with E-state index < -0.39 is 0 Å². The lowest BCUT2D eigenvalue weighted by molar-refractivity contribution is 1.09. The van der Waals surface area contributed by atoms with Crippen molar-refractivity contribution in [2.24, 2.45) is 0 Å². The fraction of sp³-hybridized carbons (Fsp3) is 0.167. The van der Waals surface area contributed by atoms with Crippen molar-refractivity contribution in [3.05, 3.63) is 30.1 Å². The van der Waals surface area contributed by atoms with Crippen molar-refractivity contribution in [3.63, 3.8) is 0 Å². The van der Waals surface area contributed by atoms with Gasteiger partial charge in [0.1, 0.15) is 5.01 Å². The Morgan fingerprint density at radius 2 is 2.00 bits per heavy atom. The van der Waals surface area contributed by atoms with Gasteiger partial charge in [0, 0.05) is 13.2 Å². The molecule has 0 radical (unpaired) electrons. The number of hydrogen-bond donors (Lipinski definition) is 1. The Bertz CT molecular complexity index is 689. The van der Waals surface area contributed by atoms with Crippen LogP contribution in [0.15, 0.2) is 24.4 Å². The van der Waals surface area contributed by atoms with Crippen LogP contribution in [-0.4, -0.2) is 27.2 Å². The molecule has 0 unspecified atom stereocenters. The monoisotopic (exact) mass is 289 g/mol. The molecule has 0 aliphatic carbocycles. The van der Waals surface area contributed by atoms with Gasteiger partial charge in [0.25, 0.3) is 0 Å². The summed E-state index contributed by atoms with van der Waals surface area (Å²) in [7, 11) is 1.84. The molecule has 0 aromatic carbocycles. The Hall–Kier alpha value is -1.86. The first-order chi connectivity index (χ1) is 9.28. The molecule has 7 heteroatoms. The molecule has 0 bridgehead atoms. The average molecular weight is 289 g/mol. The van der Waals surface area contributed by atoms with Crippen LogP contribution in [0.2, 0.25) is 0 Å². The molecule has 0 saturated heterocycles. The second-order valence-corrected chi connectivity index (χ2v) is 5.79. The standard InChI is InChI=1S/C12H11N5S2/c1-7-9(11-16-17-12(13-2)19-11)18-10(15-7)8-5-3-4-6-14-8/h3-6H,1-2H3,(H,13,17). The van der Waals surface area contributed by atoms with Gasteiger partial charge in [-0.25, -0.2) is 4.98 Å². The number of anilines is 1. The van der Waals surface area contributed by atoms with E-state index in [9.17, 15) is 0 Å². The van der Waals surface area contributed by atoms with Gasteiger partial charge in [0.05, 0.1) is 16.3 Å². The number of rotatable bonds is 3. The zero-order valence-electron chi connectivity index (χ0n) is 10.4. The molecular formula is C12H11N5S2. The number of pyridine rings is 1. The van der Waals surface area contributed by atoms with Crippen LogP contribution in [0.1, 0.15) is 5.69 Å². The van der Waals surface area contributed by atoms with Gasteiger partial charge in [-0.15, -0.1) is 21.5 Å². The summed E-state index contributed by atoms with van der Waals surface area (Å²) in [5.41, 5.74) is 1.85. The Kier molecular flexibility index (Phi) is 3.22. The van der Waals surface area contributed by atoms with Gasteiger partial charge in [-0.05, 0) is 19.1 Å². The van der Waals surface area contributed by atoms with Crippen molar-refractivity contribution in [2.45, 2.75) is 6.92 Å². The van der Waals surface area contributed by atoms with E-state index in [1.807, 2.05) is 32.2 Å². The van der Waals surface area contributed by atoms with Gasteiger partial charge in [0.15, 0.2) is 5.01 Å². The molecule has 96 valence electrons. The van der Waals surface area contributed by atoms with Gasteiger partial charge < -0.3 is 5.32 Å². The van der Waals surface area contributed by atoms with Crippen LogP contribution in [0, 0.1) is 6.92 Å². The van der Waals surface area contributed by atoms with Gasteiger partial charge in [-0.3, -0.25) is 4.98 Å². The lowest BCUT2D eigenvalue weighted by Crippen LogP contribution is -1.84. The summed E-state index contributed by atoms with van der Waals surface area (Å²) in [4.78, 5) is 9.94. The van der Waals surface area contributed by atoms with Crippen molar-refractivity contribution in [1.29, 1.82) is 0 Å². The molecule has 3 aromatic rings. The van der Waals surface area contributed by atoms with Crippen molar-refractivity contribution in [1.82, 2.24) is 20.2 Å². The SMILES string of the molecule is CNc1nnc(-c2sc(-c3ccccn3)nc2C)s1. The molecular weight excluding hydrogens is 278 g/mol. The minimum atomic E-state index is 0.808. The molecule has 0 fully saturated rings. The molecule has 0 aliphatic rings. The highest BCUT2D eigenvalue weighted by Crippen LogP contribution is 2.36. The van der Waals surface area contributed by atoms with E-state index in [2.05, 4.69) is 25.5 Å². The van der Waals surface area contributed by atoms with Crippen molar-refractivity contribution < 1.29 is 0 Å². The third kappa shape index (κ3) is 2.34. The van der Waals surface area contributed by atoms with Crippen molar-refractivity contribution in [3.8, 4) is 20.6 Å². The minimum absolute atomic E-state index is 0.808. The fourth-order valence-electron chi connectivity index (χ4n) is 1.61. The number of aromatic nitrogens is 4. The van der Waals surface area contributed by atoms with Crippen LogP contribution < -0.4 is 5.32 Å². The summed E-state index contributed by atoms with van der Waals surface area (Å²) in [6, 6.07) is 5.82. The molecule has 5 nitrogen and oxygen atoms in total. The Balaban J connectivity index is 2.02. The zero-order chi connectivity index (χ0) is 13.2. The largest absolute Gasteiger partial charge is 0.363 e. The van der Waals surface area contributed by atoms with Crippen molar-refractivity contribution >= 4 is 27.8 Å². The summed E-state index contributed by atoms with van der Waals surface area (Å²) in [5.74, 6) is 0.